The quantitative estimate of drug-likeness (QED) is 0.755. The zero-order chi connectivity index (χ0) is 15.0. The van der Waals surface area contributed by atoms with Crippen molar-refractivity contribution in [1.29, 1.82) is 0 Å². The molecule has 0 aliphatic carbocycles. The van der Waals surface area contributed by atoms with Crippen LogP contribution >= 0.6 is 0 Å². The molecule has 1 atom stereocenters. The standard InChI is InChI=1S/C16H12F3NO/c17-16(18,19)12-7-3-2-6-11(12)15(20)14-9-10-5-1-4-8-13(10)21-14/h1-9,15H,20H2. The summed E-state index contributed by atoms with van der Waals surface area (Å²) in [5, 5.41) is 0.812. The number of hydrogen-bond acceptors (Lipinski definition) is 2. The number of nitrogens with two attached hydrogens (primary N) is 1. The molecule has 21 heavy (non-hydrogen) atoms. The van der Waals surface area contributed by atoms with Crippen LogP contribution in [0.2, 0.25) is 0 Å². The highest BCUT2D eigenvalue weighted by atomic mass is 19.4. The summed E-state index contributed by atoms with van der Waals surface area (Å²) in [6.45, 7) is 0. The summed E-state index contributed by atoms with van der Waals surface area (Å²) in [5.74, 6) is 0.313. The second kappa shape index (κ2) is 4.93. The summed E-state index contributed by atoms with van der Waals surface area (Å²) in [6, 6.07) is 13.2. The van der Waals surface area contributed by atoms with Crippen LogP contribution in [-0.4, -0.2) is 0 Å². The monoisotopic (exact) mass is 291 g/mol. The van der Waals surface area contributed by atoms with Gasteiger partial charge in [-0.15, -0.1) is 0 Å². The number of benzene rings is 2. The Morgan fingerprint density at radius 3 is 2.33 bits per heavy atom. The highest BCUT2D eigenvalue weighted by Crippen LogP contribution is 2.36. The van der Waals surface area contributed by atoms with Gasteiger partial charge in [-0.3, -0.25) is 0 Å². The van der Waals surface area contributed by atoms with E-state index in [1.165, 1.54) is 18.2 Å². The van der Waals surface area contributed by atoms with E-state index in [2.05, 4.69) is 0 Å². The number of para-hydroxylation sites is 1. The Morgan fingerprint density at radius 1 is 0.952 bits per heavy atom. The molecule has 2 aromatic carbocycles. The summed E-state index contributed by atoms with van der Waals surface area (Å²) in [4.78, 5) is 0. The van der Waals surface area contributed by atoms with E-state index < -0.39 is 17.8 Å². The lowest BCUT2D eigenvalue weighted by Gasteiger charge is -2.16. The highest BCUT2D eigenvalue weighted by Gasteiger charge is 2.35. The van der Waals surface area contributed by atoms with E-state index in [1.54, 1.807) is 18.2 Å². The third-order valence-corrected chi connectivity index (χ3v) is 3.35. The molecule has 1 aromatic heterocycles. The second-order valence-corrected chi connectivity index (χ2v) is 4.75. The van der Waals surface area contributed by atoms with Crippen molar-refractivity contribution in [1.82, 2.24) is 0 Å². The van der Waals surface area contributed by atoms with Crippen molar-refractivity contribution in [2.45, 2.75) is 12.2 Å². The van der Waals surface area contributed by atoms with Crippen LogP contribution in [0.3, 0.4) is 0 Å². The van der Waals surface area contributed by atoms with Crippen LogP contribution in [0.15, 0.2) is 59.0 Å². The third kappa shape index (κ3) is 2.52. The first-order chi connectivity index (χ1) is 9.97. The molecule has 0 fully saturated rings. The zero-order valence-electron chi connectivity index (χ0n) is 10.9. The van der Waals surface area contributed by atoms with Gasteiger partial charge in [0.15, 0.2) is 0 Å². The van der Waals surface area contributed by atoms with E-state index in [0.717, 1.165) is 11.5 Å². The van der Waals surface area contributed by atoms with Crippen LogP contribution in [0, 0.1) is 0 Å². The number of hydrogen-bond donors (Lipinski definition) is 1. The molecule has 0 saturated carbocycles. The second-order valence-electron chi connectivity index (χ2n) is 4.75. The lowest BCUT2D eigenvalue weighted by molar-refractivity contribution is -0.138. The number of rotatable bonds is 2. The topological polar surface area (TPSA) is 39.2 Å². The fraction of sp³-hybridized carbons (Fsp3) is 0.125. The van der Waals surface area contributed by atoms with Crippen LogP contribution in [-0.2, 0) is 6.18 Å². The van der Waals surface area contributed by atoms with Gasteiger partial charge in [0.1, 0.15) is 11.3 Å². The maximum Gasteiger partial charge on any atom is 0.416 e. The molecule has 108 valence electrons. The maximum atomic E-state index is 13.0. The van der Waals surface area contributed by atoms with Gasteiger partial charge < -0.3 is 10.2 Å². The van der Waals surface area contributed by atoms with Gasteiger partial charge in [-0.25, -0.2) is 0 Å². The molecule has 1 heterocycles. The molecule has 3 rings (SSSR count). The number of furan rings is 1. The largest absolute Gasteiger partial charge is 0.459 e. The van der Waals surface area contributed by atoms with Crippen LogP contribution in [0.5, 0.6) is 0 Å². The summed E-state index contributed by atoms with van der Waals surface area (Å²) >= 11 is 0. The predicted octanol–water partition coefficient (Wildman–Crippen LogP) is 4.50. The van der Waals surface area contributed by atoms with Crippen LogP contribution in [0.25, 0.3) is 11.0 Å². The Balaban J connectivity index is 2.08. The Morgan fingerprint density at radius 2 is 1.62 bits per heavy atom. The van der Waals surface area contributed by atoms with Gasteiger partial charge in [0, 0.05) is 5.39 Å². The lowest BCUT2D eigenvalue weighted by Crippen LogP contribution is -2.17. The molecule has 0 aliphatic rings. The smallest absolute Gasteiger partial charge is 0.416 e. The SMILES string of the molecule is NC(c1cc2ccccc2o1)c1ccccc1C(F)(F)F. The molecule has 1 unspecified atom stereocenters. The van der Waals surface area contributed by atoms with Crippen molar-refractivity contribution in [2.75, 3.05) is 0 Å². The normalized spacial score (nSPS) is 13.5. The molecule has 0 bridgehead atoms. The molecular formula is C16H12F3NO. The van der Waals surface area contributed by atoms with Crippen molar-refractivity contribution in [2.24, 2.45) is 5.73 Å². The molecule has 0 saturated heterocycles. The average molecular weight is 291 g/mol. The minimum atomic E-state index is -4.44. The number of alkyl halides is 3. The first kappa shape index (κ1) is 13.7. The van der Waals surface area contributed by atoms with E-state index in [9.17, 15) is 13.2 Å². The molecular weight excluding hydrogens is 279 g/mol. The Kier molecular flexibility index (Phi) is 3.22. The Labute approximate surface area is 119 Å². The summed E-state index contributed by atoms with van der Waals surface area (Å²) in [5.41, 5.74) is 5.85. The molecule has 0 radical (unpaired) electrons. The zero-order valence-corrected chi connectivity index (χ0v) is 10.9. The van der Waals surface area contributed by atoms with Crippen molar-refractivity contribution < 1.29 is 17.6 Å². The van der Waals surface area contributed by atoms with Gasteiger partial charge in [-0.2, -0.15) is 13.2 Å². The summed E-state index contributed by atoms with van der Waals surface area (Å²) in [7, 11) is 0. The molecule has 0 spiro atoms. The van der Waals surface area contributed by atoms with E-state index in [0.29, 0.717) is 11.3 Å². The van der Waals surface area contributed by atoms with Crippen molar-refractivity contribution in [3.05, 3.63) is 71.5 Å². The van der Waals surface area contributed by atoms with Crippen LogP contribution in [0.4, 0.5) is 13.2 Å². The fourth-order valence-corrected chi connectivity index (χ4v) is 2.34. The first-order valence-electron chi connectivity index (χ1n) is 6.37. The molecule has 0 amide bonds. The first-order valence-corrected chi connectivity index (χ1v) is 6.37. The van der Waals surface area contributed by atoms with E-state index in [4.69, 9.17) is 10.2 Å². The summed E-state index contributed by atoms with van der Waals surface area (Å²) in [6.07, 6.45) is -4.44. The van der Waals surface area contributed by atoms with Gasteiger partial charge in [-0.05, 0) is 23.8 Å². The van der Waals surface area contributed by atoms with Crippen molar-refractivity contribution in [3.8, 4) is 0 Å². The van der Waals surface area contributed by atoms with E-state index >= 15 is 0 Å². The molecule has 0 aliphatic heterocycles. The fourth-order valence-electron chi connectivity index (χ4n) is 2.34. The van der Waals surface area contributed by atoms with Gasteiger partial charge in [0.2, 0.25) is 0 Å². The van der Waals surface area contributed by atoms with E-state index in [1.807, 2.05) is 12.1 Å². The highest BCUT2D eigenvalue weighted by molar-refractivity contribution is 5.78. The van der Waals surface area contributed by atoms with Gasteiger partial charge in [0.05, 0.1) is 11.6 Å². The van der Waals surface area contributed by atoms with Crippen LogP contribution in [0.1, 0.15) is 22.9 Å². The van der Waals surface area contributed by atoms with E-state index in [-0.39, 0.29) is 5.56 Å². The van der Waals surface area contributed by atoms with Gasteiger partial charge >= 0.3 is 6.18 Å². The maximum absolute atomic E-state index is 13.0. The molecule has 2 N–H and O–H groups in total. The van der Waals surface area contributed by atoms with Gasteiger partial charge in [0.25, 0.3) is 0 Å². The minimum absolute atomic E-state index is 0.00376. The predicted molar refractivity (Wildman–Crippen MR) is 73.7 cm³/mol. The Hall–Kier alpha value is -2.27. The number of fused-ring (bicyclic) bond motifs is 1. The minimum Gasteiger partial charge on any atom is -0.459 e. The number of halogens is 3. The van der Waals surface area contributed by atoms with Crippen molar-refractivity contribution in [3.63, 3.8) is 0 Å². The van der Waals surface area contributed by atoms with Crippen LogP contribution < -0.4 is 5.73 Å². The average Bonchev–Trinajstić information content (AvgIpc) is 2.89. The van der Waals surface area contributed by atoms with Gasteiger partial charge in [-0.1, -0.05) is 36.4 Å². The Bertz CT molecular complexity index is 743. The molecule has 5 heteroatoms. The lowest BCUT2D eigenvalue weighted by atomic mass is 9.98. The third-order valence-electron chi connectivity index (χ3n) is 3.35. The van der Waals surface area contributed by atoms with Crippen molar-refractivity contribution >= 4 is 11.0 Å². The summed E-state index contributed by atoms with van der Waals surface area (Å²) < 4.78 is 44.7. The molecule has 3 aromatic rings. The molecule has 2 nitrogen and oxygen atoms in total.